The topological polar surface area (TPSA) is 55.1 Å². The smallest absolute Gasteiger partial charge is 0.237 e. The highest BCUT2D eigenvalue weighted by Crippen LogP contribution is 2.21. The van der Waals surface area contributed by atoms with Crippen LogP contribution in [0.15, 0.2) is 12.1 Å². The van der Waals surface area contributed by atoms with Crippen molar-refractivity contribution in [2.24, 2.45) is 11.7 Å². The van der Waals surface area contributed by atoms with E-state index < -0.39 is 6.04 Å². The van der Waals surface area contributed by atoms with Gasteiger partial charge >= 0.3 is 0 Å². The Labute approximate surface area is 105 Å². The molecule has 0 fully saturated rings. The third-order valence-electron chi connectivity index (χ3n) is 2.63. The number of carbonyl (C=O) groups is 1. The minimum atomic E-state index is -0.430. The van der Waals surface area contributed by atoms with Crippen LogP contribution in [-0.4, -0.2) is 11.9 Å². The first-order valence-electron chi connectivity index (χ1n) is 5.32. The van der Waals surface area contributed by atoms with Crippen molar-refractivity contribution in [3.63, 3.8) is 0 Å². The summed E-state index contributed by atoms with van der Waals surface area (Å²) in [4.78, 5) is 12.7. The molecule has 1 aromatic heterocycles. The van der Waals surface area contributed by atoms with Crippen LogP contribution in [0, 0.1) is 5.92 Å². The van der Waals surface area contributed by atoms with Gasteiger partial charge in [-0.25, -0.2) is 0 Å². The lowest BCUT2D eigenvalue weighted by Crippen LogP contribution is -2.44. The molecule has 1 unspecified atom stereocenters. The second-order valence-electron chi connectivity index (χ2n) is 3.83. The number of amides is 1. The summed E-state index contributed by atoms with van der Waals surface area (Å²) in [5, 5.41) is 2.82. The molecule has 5 heteroatoms. The molecular weight excluding hydrogens is 244 g/mol. The number of carbonyl (C=O) groups excluding carboxylic acids is 1. The molecule has 0 aliphatic carbocycles. The first-order valence-corrected chi connectivity index (χ1v) is 6.51. The zero-order valence-electron chi connectivity index (χ0n) is 9.50. The predicted octanol–water partition coefficient (Wildman–Crippen LogP) is 2.39. The van der Waals surface area contributed by atoms with Gasteiger partial charge in [-0.15, -0.1) is 11.3 Å². The summed E-state index contributed by atoms with van der Waals surface area (Å²) in [5.74, 6) is 0.103. The summed E-state index contributed by atoms with van der Waals surface area (Å²) in [6.45, 7) is 4.50. The molecular formula is C11H17ClN2OS. The van der Waals surface area contributed by atoms with E-state index in [1.54, 1.807) is 0 Å². The van der Waals surface area contributed by atoms with E-state index in [0.717, 1.165) is 15.6 Å². The molecule has 0 spiro atoms. The van der Waals surface area contributed by atoms with Crippen molar-refractivity contribution in [1.29, 1.82) is 0 Å². The highest BCUT2D eigenvalue weighted by atomic mass is 35.5. The van der Waals surface area contributed by atoms with Crippen molar-refractivity contribution in [3.05, 3.63) is 21.3 Å². The van der Waals surface area contributed by atoms with Crippen molar-refractivity contribution in [2.75, 3.05) is 0 Å². The lowest BCUT2D eigenvalue weighted by atomic mass is 9.99. The van der Waals surface area contributed by atoms with Crippen molar-refractivity contribution >= 4 is 28.8 Å². The second kappa shape index (κ2) is 6.23. The molecule has 3 nitrogen and oxygen atoms in total. The number of halogens is 1. The van der Waals surface area contributed by atoms with Gasteiger partial charge in [0.25, 0.3) is 0 Å². The molecule has 16 heavy (non-hydrogen) atoms. The quantitative estimate of drug-likeness (QED) is 0.854. The number of hydrogen-bond donors (Lipinski definition) is 2. The standard InChI is InChI=1S/C11H17ClN2OS/c1-3-7(2)10(13)11(15)14-6-8-4-5-9(12)16-8/h4-5,7,10H,3,6,13H2,1-2H3,(H,14,15)/t7?,10-/m0/s1. The fourth-order valence-electron chi connectivity index (χ4n) is 1.25. The van der Waals surface area contributed by atoms with E-state index in [0.29, 0.717) is 6.54 Å². The maximum atomic E-state index is 11.7. The van der Waals surface area contributed by atoms with Gasteiger partial charge in [-0.3, -0.25) is 4.79 Å². The summed E-state index contributed by atoms with van der Waals surface area (Å²) in [6.07, 6.45) is 0.902. The largest absolute Gasteiger partial charge is 0.350 e. The Morgan fingerprint density at radius 1 is 1.62 bits per heavy atom. The number of nitrogens with two attached hydrogens (primary N) is 1. The Bertz CT molecular complexity index is 354. The van der Waals surface area contributed by atoms with Gasteiger partial charge in [0.05, 0.1) is 16.9 Å². The Kier molecular flexibility index (Phi) is 5.25. The van der Waals surface area contributed by atoms with Crippen LogP contribution >= 0.6 is 22.9 Å². The van der Waals surface area contributed by atoms with Gasteiger partial charge in [0, 0.05) is 4.88 Å². The van der Waals surface area contributed by atoms with Crippen LogP contribution in [0.25, 0.3) is 0 Å². The molecule has 2 atom stereocenters. The van der Waals surface area contributed by atoms with Crippen LogP contribution in [0.1, 0.15) is 25.1 Å². The summed E-state index contributed by atoms with van der Waals surface area (Å²) >= 11 is 7.26. The lowest BCUT2D eigenvalue weighted by molar-refractivity contribution is -0.123. The van der Waals surface area contributed by atoms with E-state index in [4.69, 9.17) is 17.3 Å². The van der Waals surface area contributed by atoms with E-state index in [2.05, 4.69) is 5.32 Å². The van der Waals surface area contributed by atoms with E-state index >= 15 is 0 Å². The van der Waals surface area contributed by atoms with Crippen LogP contribution < -0.4 is 11.1 Å². The minimum Gasteiger partial charge on any atom is -0.350 e. The molecule has 0 saturated heterocycles. The normalized spacial score (nSPS) is 14.5. The minimum absolute atomic E-state index is 0.0983. The Morgan fingerprint density at radius 2 is 2.31 bits per heavy atom. The molecule has 0 saturated carbocycles. The maximum absolute atomic E-state index is 11.7. The molecule has 0 aliphatic rings. The number of rotatable bonds is 5. The van der Waals surface area contributed by atoms with Gasteiger partial charge in [-0.2, -0.15) is 0 Å². The summed E-state index contributed by atoms with van der Waals surface area (Å²) in [7, 11) is 0. The van der Waals surface area contributed by atoms with Gasteiger partial charge in [-0.05, 0) is 18.1 Å². The second-order valence-corrected chi connectivity index (χ2v) is 5.63. The highest BCUT2D eigenvalue weighted by Gasteiger charge is 2.18. The van der Waals surface area contributed by atoms with E-state index in [-0.39, 0.29) is 11.8 Å². The molecule has 0 aliphatic heterocycles. The van der Waals surface area contributed by atoms with Gasteiger partial charge in [-0.1, -0.05) is 31.9 Å². The fourth-order valence-corrected chi connectivity index (χ4v) is 2.28. The molecule has 90 valence electrons. The van der Waals surface area contributed by atoms with Crippen molar-refractivity contribution < 1.29 is 4.79 Å². The monoisotopic (exact) mass is 260 g/mol. The summed E-state index contributed by atoms with van der Waals surface area (Å²) in [5.41, 5.74) is 5.81. The summed E-state index contributed by atoms with van der Waals surface area (Å²) in [6, 6.07) is 3.30. The maximum Gasteiger partial charge on any atom is 0.237 e. The summed E-state index contributed by atoms with van der Waals surface area (Å²) < 4.78 is 0.732. The third-order valence-corrected chi connectivity index (χ3v) is 3.86. The zero-order valence-corrected chi connectivity index (χ0v) is 11.1. The zero-order chi connectivity index (χ0) is 12.1. The lowest BCUT2D eigenvalue weighted by Gasteiger charge is -2.17. The van der Waals surface area contributed by atoms with E-state index in [9.17, 15) is 4.79 Å². The number of thiophene rings is 1. The molecule has 0 aromatic carbocycles. The fraction of sp³-hybridized carbons (Fsp3) is 0.545. The van der Waals surface area contributed by atoms with Crippen molar-refractivity contribution in [2.45, 2.75) is 32.9 Å². The Balaban J connectivity index is 2.40. The first kappa shape index (κ1) is 13.5. The van der Waals surface area contributed by atoms with Gasteiger partial charge in [0.2, 0.25) is 5.91 Å². The van der Waals surface area contributed by atoms with E-state index in [1.165, 1.54) is 11.3 Å². The molecule has 0 bridgehead atoms. The number of hydrogen-bond acceptors (Lipinski definition) is 3. The first-order chi connectivity index (χ1) is 7.54. The van der Waals surface area contributed by atoms with Gasteiger partial charge < -0.3 is 11.1 Å². The number of nitrogens with one attached hydrogen (secondary N) is 1. The van der Waals surface area contributed by atoms with Crippen LogP contribution in [0.5, 0.6) is 0 Å². The van der Waals surface area contributed by atoms with Crippen molar-refractivity contribution in [1.82, 2.24) is 5.32 Å². The molecule has 1 rings (SSSR count). The molecule has 1 heterocycles. The van der Waals surface area contributed by atoms with Gasteiger partial charge in [0.1, 0.15) is 0 Å². The molecule has 1 amide bonds. The Morgan fingerprint density at radius 3 is 2.81 bits per heavy atom. The van der Waals surface area contributed by atoms with Crippen LogP contribution in [-0.2, 0) is 11.3 Å². The van der Waals surface area contributed by atoms with Gasteiger partial charge in [0.15, 0.2) is 0 Å². The Hall–Kier alpha value is -0.580. The predicted molar refractivity (Wildman–Crippen MR) is 68.6 cm³/mol. The molecule has 3 N–H and O–H groups in total. The molecule has 0 radical (unpaired) electrons. The average molecular weight is 261 g/mol. The SMILES string of the molecule is CCC(C)[C@H](N)C(=O)NCc1ccc(Cl)s1. The average Bonchev–Trinajstić information content (AvgIpc) is 2.69. The van der Waals surface area contributed by atoms with Crippen molar-refractivity contribution in [3.8, 4) is 0 Å². The third kappa shape index (κ3) is 3.77. The van der Waals surface area contributed by atoms with Crippen LogP contribution in [0.4, 0.5) is 0 Å². The van der Waals surface area contributed by atoms with Crippen LogP contribution in [0.3, 0.4) is 0 Å². The van der Waals surface area contributed by atoms with E-state index in [1.807, 2.05) is 26.0 Å². The highest BCUT2D eigenvalue weighted by molar-refractivity contribution is 7.16. The van der Waals surface area contributed by atoms with Crippen LogP contribution in [0.2, 0.25) is 4.34 Å². The molecule has 1 aromatic rings.